The van der Waals surface area contributed by atoms with E-state index in [0.717, 1.165) is 10.8 Å². The third-order valence-corrected chi connectivity index (χ3v) is 4.07. The lowest BCUT2D eigenvalue weighted by Crippen LogP contribution is -2.19. The van der Waals surface area contributed by atoms with Crippen molar-refractivity contribution in [2.75, 3.05) is 19.5 Å². The predicted molar refractivity (Wildman–Crippen MR) is 100.0 cm³/mol. The number of hydrogen-bond acceptors (Lipinski definition) is 4. The highest BCUT2D eigenvalue weighted by molar-refractivity contribution is 6.15. The molecule has 0 saturated carbocycles. The zero-order valence-electron chi connectivity index (χ0n) is 14.4. The fraction of sp³-hybridized carbons (Fsp3) is 0.100. The van der Waals surface area contributed by atoms with Crippen LogP contribution in [0.3, 0.4) is 0 Å². The summed E-state index contributed by atoms with van der Waals surface area (Å²) in [7, 11) is 2.93. The van der Waals surface area contributed by atoms with Gasteiger partial charge in [-0.25, -0.2) is 0 Å². The molecule has 2 amide bonds. The lowest BCUT2D eigenvalue weighted by Gasteiger charge is -2.14. The number of methoxy groups -OCH3 is 2. The van der Waals surface area contributed by atoms with Gasteiger partial charge in [0, 0.05) is 11.6 Å². The van der Waals surface area contributed by atoms with Crippen LogP contribution in [-0.4, -0.2) is 26.0 Å². The molecule has 26 heavy (non-hydrogen) atoms. The highest BCUT2D eigenvalue weighted by Crippen LogP contribution is 2.33. The van der Waals surface area contributed by atoms with Crippen LogP contribution in [0.2, 0.25) is 0 Å². The predicted octanol–water partition coefficient (Wildman–Crippen LogP) is 3.21. The standard InChI is InChI=1S/C20H18N2O4/c1-25-17-10-15(19(21)23)16(11-18(17)26-2)22-20(24)14-9-5-7-12-6-3-4-8-13(12)14/h3-11H,1-2H3,(H2,21,23)(H,22,24). The van der Waals surface area contributed by atoms with E-state index in [1.807, 2.05) is 30.3 Å². The highest BCUT2D eigenvalue weighted by atomic mass is 16.5. The van der Waals surface area contributed by atoms with Crippen molar-refractivity contribution in [3.05, 3.63) is 65.7 Å². The molecule has 0 unspecified atom stereocenters. The van der Waals surface area contributed by atoms with Gasteiger partial charge in [0.15, 0.2) is 11.5 Å². The molecule has 0 heterocycles. The SMILES string of the molecule is COc1cc(NC(=O)c2cccc3ccccc23)c(C(N)=O)cc1OC. The molecular formula is C20H18N2O4. The smallest absolute Gasteiger partial charge is 0.256 e. The topological polar surface area (TPSA) is 90.6 Å². The second kappa shape index (κ2) is 7.14. The quantitative estimate of drug-likeness (QED) is 0.739. The monoisotopic (exact) mass is 350 g/mol. The van der Waals surface area contributed by atoms with Gasteiger partial charge in [-0.05, 0) is 22.9 Å². The molecule has 0 radical (unpaired) electrons. The Kier molecular flexibility index (Phi) is 4.75. The van der Waals surface area contributed by atoms with Gasteiger partial charge in [0.2, 0.25) is 0 Å². The van der Waals surface area contributed by atoms with Gasteiger partial charge in [-0.15, -0.1) is 0 Å². The van der Waals surface area contributed by atoms with Crippen LogP contribution in [0, 0.1) is 0 Å². The van der Waals surface area contributed by atoms with E-state index in [0.29, 0.717) is 17.1 Å². The minimum Gasteiger partial charge on any atom is -0.493 e. The molecule has 6 nitrogen and oxygen atoms in total. The number of rotatable bonds is 5. The molecule has 132 valence electrons. The lowest BCUT2D eigenvalue weighted by molar-refractivity contribution is 0.100. The number of amides is 2. The third-order valence-electron chi connectivity index (χ3n) is 4.07. The van der Waals surface area contributed by atoms with E-state index in [9.17, 15) is 9.59 Å². The van der Waals surface area contributed by atoms with Crippen LogP contribution in [0.1, 0.15) is 20.7 Å². The fourth-order valence-corrected chi connectivity index (χ4v) is 2.80. The summed E-state index contributed by atoms with van der Waals surface area (Å²) in [6.07, 6.45) is 0. The molecule has 0 aliphatic heterocycles. The first-order chi connectivity index (χ1) is 12.5. The minimum absolute atomic E-state index is 0.135. The van der Waals surface area contributed by atoms with E-state index in [-0.39, 0.29) is 17.2 Å². The molecule has 0 bridgehead atoms. The van der Waals surface area contributed by atoms with Gasteiger partial charge in [0.25, 0.3) is 11.8 Å². The number of benzene rings is 3. The maximum atomic E-state index is 12.8. The Morgan fingerprint density at radius 3 is 2.23 bits per heavy atom. The maximum Gasteiger partial charge on any atom is 0.256 e. The number of fused-ring (bicyclic) bond motifs is 1. The summed E-state index contributed by atoms with van der Waals surface area (Å²) in [6, 6.07) is 16.0. The average Bonchev–Trinajstić information content (AvgIpc) is 2.66. The summed E-state index contributed by atoms with van der Waals surface area (Å²) in [5.41, 5.74) is 6.33. The van der Waals surface area contributed by atoms with Crippen molar-refractivity contribution in [1.82, 2.24) is 0 Å². The van der Waals surface area contributed by atoms with Crippen LogP contribution in [0.4, 0.5) is 5.69 Å². The number of nitrogens with two attached hydrogens (primary N) is 1. The van der Waals surface area contributed by atoms with Crippen molar-refractivity contribution in [3.63, 3.8) is 0 Å². The van der Waals surface area contributed by atoms with Crippen LogP contribution in [0.25, 0.3) is 10.8 Å². The lowest BCUT2D eigenvalue weighted by atomic mass is 10.0. The first-order valence-corrected chi connectivity index (χ1v) is 7.90. The molecule has 0 spiro atoms. The van der Waals surface area contributed by atoms with Gasteiger partial charge in [0.05, 0.1) is 25.5 Å². The Balaban J connectivity index is 2.04. The molecule has 0 aliphatic carbocycles. The summed E-state index contributed by atoms with van der Waals surface area (Å²) in [5.74, 6) is -0.300. The summed E-state index contributed by atoms with van der Waals surface area (Å²) >= 11 is 0. The molecule has 6 heteroatoms. The van der Waals surface area contributed by atoms with Crippen molar-refractivity contribution in [1.29, 1.82) is 0 Å². The minimum atomic E-state index is -0.681. The van der Waals surface area contributed by atoms with E-state index in [1.54, 1.807) is 12.1 Å². The molecule has 3 aromatic rings. The van der Waals surface area contributed by atoms with Crippen molar-refractivity contribution in [2.24, 2.45) is 5.73 Å². The number of carbonyl (C=O) groups is 2. The van der Waals surface area contributed by atoms with Crippen LogP contribution in [0.15, 0.2) is 54.6 Å². The van der Waals surface area contributed by atoms with Crippen LogP contribution < -0.4 is 20.5 Å². The summed E-state index contributed by atoms with van der Waals surface area (Å²) in [5, 5.41) is 4.51. The number of anilines is 1. The molecule has 3 rings (SSSR count). The zero-order chi connectivity index (χ0) is 18.7. The zero-order valence-corrected chi connectivity index (χ0v) is 14.4. The number of ether oxygens (including phenoxy) is 2. The fourth-order valence-electron chi connectivity index (χ4n) is 2.80. The molecule has 0 saturated heterocycles. The Morgan fingerprint density at radius 2 is 1.54 bits per heavy atom. The average molecular weight is 350 g/mol. The normalized spacial score (nSPS) is 10.4. The van der Waals surface area contributed by atoms with Crippen molar-refractivity contribution >= 4 is 28.3 Å². The molecule has 0 aromatic heterocycles. The Hall–Kier alpha value is -3.54. The largest absolute Gasteiger partial charge is 0.493 e. The number of carbonyl (C=O) groups excluding carboxylic acids is 2. The van der Waals surface area contributed by atoms with E-state index >= 15 is 0 Å². The van der Waals surface area contributed by atoms with Gasteiger partial charge in [-0.2, -0.15) is 0 Å². The molecule has 0 aliphatic rings. The van der Waals surface area contributed by atoms with Gasteiger partial charge in [-0.3, -0.25) is 9.59 Å². The Morgan fingerprint density at radius 1 is 0.885 bits per heavy atom. The molecule has 0 atom stereocenters. The van der Waals surface area contributed by atoms with Crippen LogP contribution in [-0.2, 0) is 0 Å². The van der Waals surface area contributed by atoms with E-state index in [1.165, 1.54) is 26.4 Å². The molecular weight excluding hydrogens is 332 g/mol. The Labute approximate surface area is 150 Å². The van der Waals surface area contributed by atoms with E-state index in [2.05, 4.69) is 5.32 Å². The maximum absolute atomic E-state index is 12.8. The first kappa shape index (κ1) is 17.3. The third kappa shape index (κ3) is 3.17. The second-order valence-electron chi connectivity index (χ2n) is 5.60. The van der Waals surface area contributed by atoms with E-state index < -0.39 is 5.91 Å². The first-order valence-electron chi connectivity index (χ1n) is 7.90. The van der Waals surface area contributed by atoms with Crippen molar-refractivity contribution in [2.45, 2.75) is 0 Å². The number of primary amides is 1. The number of hydrogen-bond donors (Lipinski definition) is 2. The summed E-state index contributed by atoms with van der Waals surface area (Å²) in [6.45, 7) is 0. The summed E-state index contributed by atoms with van der Waals surface area (Å²) in [4.78, 5) is 24.6. The second-order valence-corrected chi connectivity index (χ2v) is 5.60. The van der Waals surface area contributed by atoms with Crippen molar-refractivity contribution < 1.29 is 19.1 Å². The number of nitrogens with one attached hydrogen (secondary N) is 1. The van der Waals surface area contributed by atoms with E-state index in [4.69, 9.17) is 15.2 Å². The summed E-state index contributed by atoms with van der Waals surface area (Å²) < 4.78 is 10.4. The molecule has 3 N–H and O–H groups in total. The van der Waals surface area contributed by atoms with Gasteiger partial charge in [0.1, 0.15) is 0 Å². The van der Waals surface area contributed by atoms with Crippen LogP contribution in [0.5, 0.6) is 11.5 Å². The van der Waals surface area contributed by atoms with Crippen LogP contribution >= 0.6 is 0 Å². The molecule has 0 fully saturated rings. The van der Waals surface area contributed by atoms with Gasteiger partial charge < -0.3 is 20.5 Å². The van der Waals surface area contributed by atoms with Gasteiger partial charge >= 0.3 is 0 Å². The van der Waals surface area contributed by atoms with Crippen molar-refractivity contribution in [3.8, 4) is 11.5 Å². The highest BCUT2D eigenvalue weighted by Gasteiger charge is 2.18. The molecule has 3 aromatic carbocycles. The Bertz CT molecular complexity index is 993. The van der Waals surface area contributed by atoms with Gasteiger partial charge in [-0.1, -0.05) is 36.4 Å².